The Labute approximate surface area is 341 Å². The zero-order valence-electron chi connectivity index (χ0n) is 35.4. The summed E-state index contributed by atoms with van der Waals surface area (Å²) in [6, 6.07) is -0.840. The summed E-state index contributed by atoms with van der Waals surface area (Å²) in [4.78, 5) is 42.9. The van der Waals surface area contributed by atoms with Crippen LogP contribution in [0.1, 0.15) is 138 Å². The van der Waals surface area contributed by atoms with E-state index in [1.54, 1.807) is 6.92 Å². The Morgan fingerprint density at radius 3 is 2.33 bits per heavy atom. The third-order valence-electron chi connectivity index (χ3n) is 13.3. The van der Waals surface area contributed by atoms with E-state index in [9.17, 15) is 39.9 Å². The third-order valence-corrected chi connectivity index (χ3v) is 13.3. The number of cyclic esters (lactones) is 1. The van der Waals surface area contributed by atoms with Crippen molar-refractivity contribution in [3.05, 3.63) is 47.6 Å². The summed E-state index contributed by atoms with van der Waals surface area (Å²) in [6.45, 7) is 11.8. The van der Waals surface area contributed by atoms with Gasteiger partial charge in [-0.25, -0.2) is 4.79 Å². The van der Waals surface area contributed by atoms with E-state index < -0.39 is 54.4 Å². The number of ether oxygens (including phenoxy) is 2. The number of hydrogen-bond donors (Lipinski definition) is 5. The highest BCUT2D eigenvalue weighted by molar-refractivity contribution is 5.85. The maximum absolute atomic E-state index is 14.1. The van der Waals surface area contributed by atoms with Gasteiger partial charge in [-0.05, 0) is 113 Å². The molecule has 4 aliphatic rings. The van der Waals surface area contributed by atoms with Crippen LogP contribution in [0.5, 0.6) is 0 Å². The number of Topliss-reactive ketones (excluding diaryl/α,β-unsaturated/α-hetero) is 1. The second kappa shape index (κ2) is 22.1. The molecule has 3 heterocycles. The van der Waals surface area contributed by atoms with Crippen LogP contribution in [-0.4, -0.2) is 103 Å². The quantitative estimate of drug-likeness (QED) is 0.162. The van der Waals surface area contributed by atoms with Gasteiger partial charge in [0, 0.05) is 37.6 Å². The van der Waals surface area contributed by atoms with E-state index in [0.29, 0.717) is 69.9 Å². The molecule has 5 N–H and O–H groups in total. The predicted octanol–water partition coefficient (Wildman–Crippen LogP) is 6.25. The van der Waals surface area contributed by atoms with Gasteiger partial charge < -0.3 is 39.9 Å². The lowest BCUT2D eigenvalue weighted by molar-refractivity contribution is -0.283. The summed E-state index contributed by atoms with van der Waals surface area (Å²) in [6.07, 6.45) is 14.3. The Bertz CT molecular complexity index is 1460. The van der Waals surface area contributed by atoms with E-state index in [2.05, 4.69) is 13.0 Å². The Morgan fingerprint density at radius 2 is 1.60 bits per heavy atom. The Hall–Kier alpha value is -2.67. The second-order valence-electron chi connectivity index (χ2n) is 18.1. The standard InChI is InChI=1S/C46H73NO10/c1-29-12-8-7-9-13-30(2)39(49)26-36-20-18-34(6)46(55,57-36)28-44(53)47-23-11-10-14-37(47)45(54)56-43(33(5)24-35-19-21-38(48)42(52)25-35)22-17-32(4)41(51)27-40(50)31(3)16-15-29/h7-9,12-13,17,29,31,33-39,41-43,48-49,51-52,55H,10-11,14-16,18-28H2,1-6H3/b9-7+,12-8+,30-13+,32-17+/t29-,31-,33-,34-,35+,36+,37+,38-,39+,41+,42-,43?,46+/m1/s1. The Balaban J connectivity index is 1.59. The van der Waals surface area contributed by atoms with Crippen LogP contribution in [0.4, 0.5) is 0 Å². The van der Waals surface area contributed by atoms with Gasteiger partial charge >= 0.3 is 5.97 Å². The van der Waals surface area contributed by atoms with Crippen LogP contribution >= 0.6 is 0 Å². The number of aliphatic hydroxyl groups is 5. The smallest absolute Gasteiger partial charge is 0.329 e. The average molecular weight is 800 g/mol. The van der Waals surface area contributed by atoms with E-state index in [1.165, 1.54) is 4.90 Å². The van der Waals surface area contributed by atoms with Crippen molar-refractivity contribution in [3.8, 4) is 0 Å². The fourth-order valence-electron chi connectivity index (χ4n) is 8.86. The summed E-state index contributed by atoms with van der Waals surface area (Å²) in [5.41, 5.74) is 1.37. The van der Waals surface area contributed by atoms with Crippen LogP contribution < -0.4 is 0 Å². The minimum Gasteiger partial charge on any atom is -0.460 e. The van der Waals surface area contributed by atoms with Crippen LogP contribution in [0, 0.1) is 29.6 Å². The fraction of sp³-hybridized carbons (Fsp3) is 0.761. The highest BCUT2D eigenvalue weighted by Gasteiger charge is 2.46. The molecule has 0 spiro atoms. The number of nitrogens with zero attached hydrogens (tertiary/aromatic N) is 1. The minimum atomic E-state index is -1.76. The molecule has 1 aliphatic carbocycles. The Kier molecular flexibility index (Phi) is 18.2. The molecule has 1 amide bonds. The summed E-state index contributed by atoms with van der Waals surface area (Å²) in [5.74, 6) is -3.02. The molecule has 2 bridgehead atoms. The number of hydrogen-bond acceptors (Lipinski definition) is 10. The van der Waals surface area contributed by atoms with Crippen LogP contribution in [0.2, 0.25) is 0 Å². The first-order valence-electron chi connectivity index (χ1n) is 21.8. The number of aliphatic hydroxyl groups excluding tert-OH is 4. The number of piperidine rings is 1. The van der Waals surface area contributed by atoms with Gasteiger partial charge in [-0.2, -0.15) is 0 Å². The zero-order valence-corrected chi connectivity index (χ0v) is 35.4. The molecule has 11 heteroatoms. The number of fused-ring (bicyclic) bond motifs is 3. The molecule has 0 aromatic rings. The van der Waals surface area contributed by atoms with Crippen molar-refractivity contribution in [1.29, 1.82) is 0 Å². The maximum Gasteiger partial charge on any atom is 0.329 e. The molecule has 13 atom stereocenters. The van der Waals surface area contributed by atoms with Crippen molar-refractivity contribution in [1.82, 2.24) is 4.90 Å². The first-order valence-corrected chi connectivity index (χ1v) is 21.8. The zero-order chi connectivity index (χ0) is 41.9. The molecule has 0 radical (unpaired) electrons. The SMILES string of the molecule is C/C1=C\CC([C@H](C)C[C@@H]2CC[C@@H](O)[C@H](O)C2)OC(=O)[C@@H]2CCCCN2C(=O)C[C@]2(O)O[C@@H](CC[C@H]2C)C[C@H](O)/C(C)=C/C=C/C=C/[C@@H](C)CC[C@@H](C)C(=O)C[C@@H]1O. The van der Waals surface area contributed by atoms with Crippen molar-refractivity contribution >= 4 is 17.7 Å². The topological polar surface area (TPSA) is 174 Å². The second-order valence-corrected chi connectivity index (χ2v) is 18.1. The first-order chi connectivity index (χ1) is 27.0. The lowest BCUT2D eigenvalue weighted by Gasteiger charge is -2.44. The third kappa shape index (κ3) is 14.0. The normalized spacial score (nSPS) is 41.5. The van der Waals surface area contributed by atoms with Crippen molar-refractivity contribution in [2.45, 2.75) is 186 Å². The van der Waals surface area contributed by atoms with Crippen LogP contribution in [-0.2, 0) is 23.9 Å². The predicted molar refractivity (Wildman–Crippen MR) is 219 cm³/mol. The lowest BCUT2D eigenvalue weighted by Crippen LogP contribution is -2.54. The van der Waals surface area contributed by atoms with Crippen LogP contribution in [0.15, 0.2) is 47.6 Å². The molecule has 1 saturated carbocycles. The van der Waals surface area contributed by atoms with Gasteiger partial charge in [-0.1, -0.05) is 64.2 Å². The fourth-order valence-corrected chi connectivity index (χ4v) is 8.86. The molecule has 2 saturated heterocycles. The van der Waals surface area contributed by atoms with Gasteiger partial charge in [0.1, 0.15) is 17.9 Å². The molecule has 3 fully saturated rings. The van der Waals surface area contributed by atoms with E-state index in [0.717, 1.165) is 24.8 Å². The van der Waals surface area contributed by atoms with E-state index >= 15 is 0 Å². The van der Waals surface area contributed by atoms with Gasteiger partial charge in [0.05, 0.1) is 36.9 Å². The summed E-state index contributed by atoms with van der Waals surface area (Å²) in [7, 11) is 0. The molecular formula is C46H73NO10. The average Bonchev–Trinajstić information content (AvgIpc) is 3.17. The van der Waals surface area contributed by atoms with Crippen molar-refractivity contribution in [2.24, 2.45) is 29.6 Å². The molecule has 11 nitrogen and oxygen atoms in total. The molecule has 57 heavy (non-hydrogen) atoms. The Morgan fingerprint density at radius 1 is 0.842 bits per heavy atom. The van der Waals surface area contributed by atoms with Crippen molar-refractivity contribution in [3.63, 3.8) is 0 Å². The molecule has 0 aromatic carbocycles. The van der Waals surface area contributed by atoms with Crippen molar-refractivity contribution < 1.29 is 49.4 Å². The van der Waals surface area contributed by atoms with E-state index in [-0.39, 0.29) is 60.5 Å². The van der Waals surface area contributed by atoms with Crippen LogP contribution in [0.3, 0.4) is 0 Å². The monoisotopic (exact) mass is 800 g/mol. The molecule has 0 aromatic heterocycles. The van der Waals surface area contributed by atoms with Gasteiger partial charge in [-0.15, -0.1) is 0 Å². The number of rotatable bonds is 3. The molecular weight excluding hydrogens is 727 g/mol. The number of allylic oxidation sites excluding steroid dienone is 5. The molecule has 3 aliphatic heterocycles. The summed E-state index contributed by atoms with van der Waals surface area (Å²) >= 11 is 0. The van der Waals surface area contributed by atoms with Gasteiger partial charge in [-0.3, -0.25) is 9.59 Å². The number of carbonyl (C=O) groups is 3. The van der Waals surface area contributed by atoms with Crippen molar-refractivity contribution in [2.75, 3.05) is 6.54 Å². The summed E-state index contributed by atoms with van der Waals surface area (Å²) < 4.78 is 12.5. The number of esters is 1. The summed E-state index contributed by atoms with van der Waals surface area (Å²) in [5, 5.41) is 54.5. The number of amides is 1. The first kappa shape index (κ1) is 47.0. The van der Waals surface area contributed by atoms with Gasteiger partial charge in [0.25, 0.3) is 0 Å². The van der Waals surface area contributed by atoms with Gasteiger partial charge in [0.15, 0.2) is 5.79 Å². The van der Waals surface area contributed by atoms with Crippen LogP contribution in [0.25, 0.3) is 0 Å². The lowest BCUT2D eigenvalue weighted by atomic mass is 9.79. The van der Waals surface area contributed by atoms with E-state index in [4.69, 9.17) is 9.47 Å². The minimum absolute atomic E-state index is 0.00906. The largest absolute Gasteiger partial charge is 0.460 e. The molecule has 1 unspecified atom stereocenters. The highest BCUT2D eigenvalue weighted by Crippen LogP contribution is 2.38. The van der Waals surface area contributed by atoms with E-state index in [1.807, 2.05) is 58.1 Å². The van der Waals surface area contributed by atoms with Gasteiger partial charge in [0.2, 0.25) is 5.91 Å². The maximum atomic E-state index is 14.1. The number of carbonyl (C=O) groups excluding carboxylic acids is 3. The number of ketones is 1. The highest BCUT2D eigenvalue weighted by atomic mass is 16.6. The molecule has 4 rings (SSSR count). The molecule has 322 valence electrons.